The van der Waals surface area contributed by atoms with Crippen LogP contribution in [0.25, 0.3) is 0 Å². The molecule has 2 aromatic rings. The highest BCUT2D eigenvalue weighted by molar-refractivity contribution is 7.89. The molecule has 4 N–H and O–H groups in total. The van der Waals surface area contributed by atoms with Gasteiger partial charge in [0.2, 0.25) is 10.0 Å². The molecule has 0 spiro atoms. The first-order valence-electron chi connectivity index (χ1n) is 9.11. The van der Waals surface area contributed by atoms with Crippen LogP contribution in [0, 0.1) is 0 Å². The van der Waals surface area contributed by atoms with Gasteiger partial charge in [0.15, 0.2) is 0 Å². The standard InChI is InChI=1S/C20H27N3O3S/c1-2-3-11-18(14-21)23-20(24)17-10-7-12-19(13-17)27(25,26)22-15-16-8-5-4-6-9-16/h4-10,12-13,18,22H,2-3,11,14-15,21H2,1H3,(H,23,24). The van der Waals surface area contributed by atoms with E-state index < -0.39 is 10.0 Å². The number of carbonyl (C=O) groups excluding carboxylic acids is 1. The summed E-state index contributed by atoms with van der Waals surface area (Å²) in [6, 6.07) is 15.2. The van der Waals surface area contributed by atoms with Crippen molar-refractivity contribution in [3.63, 3.8) is 0 Å². The second-order valence-corrected chi connectivity index (χ2v) is 8.15. The fraction of sp³-hybridized carbons (Fsp3) is 0.350. The number of amides is 1. The van der Waals surface area contributed by atoms with E-state index in [0.29, 0.717) is 12.1 Å². The number of rotatable bonds is 10. The predicted molar refractivity (Wildman–Crippen MR) is 107 cm³/mol. The van der Waals surface area contributed by atoms with Crippen molar-refractivity contribution in [3.05, 3.63) is 65.7 Å². The number of benzene rings is 2. The average Bonchev–Trinajstić information content (AvgIpc) is 2.70. The zero-order valence-electron chi connectivity index (χ0n) is 15.5. The Hall–Kier alpha value is -2.22. The van der Waals surface area contributed by atoms with Crippen LogP contribution in [0.15, 0.2) is 59.5 Å². The zero-order valence-corrected chi connectivity index (χ0v) is 16.3. The summed E-state index contributed by atoms with van der Waals surface area (Å²) >= 11 is 0. The lowest BCUT2D eigenvalue weighted by molar-refractivity contribution is 0.0935. The number of hydrogen-bond acceptors (Lipinski definition) is 4. The van der Waals surface area contributed by atoms with Gasteiger partial charge in [0, 0.05) is 24.7 Å². The quantitative estimate of drug-likeness (QED) is 0.581. The summed E-state index contributed by atoms with van der Waals surface area (Å²) in [6.45, 7) is 2.61. The van der Waals surface area contributed by atoms with Gasteiger partial charge in [-0.15, -0.1) is 0 Å². The molecule has 0 aliphatic rings. The van der Waals surface area contributed by atoms with Crippen molar-refractivity contribution < 1.29 is 13.2 Å². The van der Waals surface area contributed by atoms with Gasteiger partial charge in [0.05, 0.1) is 4.90 Å². The van der Waals surface area contributed by atoms with E-state index in [1.54, 1.807) is 12.1 Å². The summed E-state index contributed by atoms with van der Waals surface area (Å²) < 4.78 is 27.6. The molecule has 146 valence electrons. The van der Waals surface area contributed by atoms with Crippen LogP contribution in [0.1, 0.15) is 42.1 Å². The maximum absolute atomic E-state index is 12.5. The lowest BCUT2D eigenvalue weighted by Gasteiger charge is -2.16. The minimum absolute atomic E-state index is 0.0592. The lowest BCUT2D eigenvalue weighted by atomic mass is 10.1. The van der Waals surface area contributed by atoms with E-state index in [2.05, 4.69) is 17.0 Å². The maximum Gasteiger partial charge on any atom is 0.251 e. The molecule has 0 aromatic heterocycles. The molecule has 27 heavy (non-hydrogen) atoms. The Balaban J connectivity index is 2.07. The molecule has 2 rings (SSSR count). The lowest BCUT2D eigenvalue weighted by Crippen LogP contribution is -2.40. The van der Waals surface area contributed by atoms with E-state index >= 15 is 0 Å². The molecule has 0 aliphatic carbocycles. The van der Waals surface area contributed by atoms with E-state index in [9.17, 15) is 13.2 Å². The van der Waals surface area contributed by atoms with Gasteiger partial charge in [0.25, 0.3) is 5.91 Å². The average molecular weight is 390 g/mol. The summed E-state index contributed by atoms with van der Waals surface area (Å²) in [5.41, 5.74) is 6.87. The van der Waals surface area contributed by atoms with Gasteiger partial charge >= 0.3 is 0 Å². The largest absolute Gasteiger partial charge is 0.348 e. The van der Waals surface area contributed by atoms with E-state index in [1.807, 2.05) is 30.3 Å². The predicted octanol–water partition coefficient (Wildman–Crippen LogP) is 2.41. The van der Waals surface area contributed by atoms with E-state index in [0.717, 1.165) is 24.8 Å². The van der Waals surface area contributed by atoms with Gasteiger partial charge in [0.1, 0.15) is 0 Å². The third kappa shape index (κ3) is 6.46. The molecular formula is C20H27N3O3S. The SMILES string of the molecule is CCCCC(CN)NC(=O)c1cccc(S(=O)(=O)NCc2ccccc2)c1. The Morgan fingerprint density at radius 2 is 1.85 bits per heavy atom. The molecule has 0 fully saturated rings. The highest BCUT2D eigenvalue weighted by atomic mass is 32.2. The number of carbonyl (C=O) groups is 1. The van der Waals surface area contributed by atoms with Crippen molar-refractivity contribution in [2.24, 2.45) is 5.73 Å². The Morgan fingerprint density at radius 1 is 1.11 bits per heavy atom. The third-order valence-electron chi connectivity index (χ3n) is 4.24. The second-order valence-electron chi connectivity index (χ2n) is 6.39. The molecule has 7 heteroatoms. The molecular weight excluding hydrogens is 362 g/mol. The zero-order chi connectivity index (χ0) is 19.7. The summed E-state index contributed by atoms with van der Waals surface area (Å²) in [5.74, 6) is -0.318. The highest BCUT2D eigenvalue weighted by Crippen LogP contribution is 2.13. The first-order chi connectivity index (χ1) is 13.0. The number of hydrogen-bond donors (Lipinski definition) is 3. The first-order valence-corrected chi connectivity index (χ1v) is 10.6. The topological polar surface area (TPSA) is 101 Å². The molecule has 1 amide bonds. The van der Waals surface area contributed by atoms with Crippen molar-refractivity contribution in [1.82, 2.24) is 10.0 Å². The van der Waals surface area contributed by atoms with Crippen LogP contribution in [-0.2, 0) is 16.6 Å². The molecule has 1 unspecified atom stereocenters. The number of nitrogens with two attached hydrogens (primary N) is 1. The molecule has 0 aliphatic heterocycles. The fourth-order valence-electron chi connectivity index (χ4n) is 2.63. The smallest absolute Gasteiger partial charge is 0.251 e. The van der Waals surface area contributed by atoms with Crippen molar-refractivity contribution >= 4 is 15.9 Å². The van der Waals surface area contributed by atoms with Crippen molar-refractivity contribution in [3.8, 4) is 0 Å². The summed E-state index contributed by atoms with van der Waals surface area (Å²) in [7, 11) is -3.72. The van der Waals surface area contributed by atoms with Crippen LogP contribution in [0.5, 0.6) is 0 Å². The van der Waals surface area contributed by atoms with E-state index in [4.69, 9.17) is 5.73 Å². The van der Waals surface area contributed by atoms with Crippen LogP contribution in [0.4, 0.5) is 0 Å². The van der Waals surface area contributed by atoms with Gasteiger partial charge in [-0.3, -0.25) is 4.79 Å². The normalized spacial score (nSPS) is 12.5. The van der Waals surface area contributed by atoms with Crippen LogP contribution in [0.3, 0.4) is 0 Å². The number of nitrogens with one attached hydrogen (secondary N) is 2. The van der Waals surface area contributed by atoms with Crippen LogP contribution >= 0.6 is 0 Å². The molecule has 6 nitrogen and oxygen atoms in total. The molecule has 0 heterocycles. The fourth-order valence-corrected chi connectivity index (χ4v) is 3.69. The van der Waals surface area contributed by atoms with Crippen molar-refractivity contribution in [2.45, 2.75) is 43.7 Å². The minimum Gasteiger partial charge on any atom is -0.348 e. The highest BCUT2D eigenvalue weighted by Gasteiger charge is 2.17. The third-order valence-corrected chi connectivity index (χ3v) is 5.64. The monoisotopic (exact) mass is 389 g/mol. The van der Waals surface area contributed by atoms with Gasteiger partial charge < -0.3 is 11.1 Å². The van der Waals surface area contributed by atoms with Gasteiger partial charge in [-0.1, -0.05) is 56.2 Å². The minimum atomic E-state index is -3.72. The molecule has 1 atom stereocenters. The molecule has 0 saturated carbocycles. The van der Waals surface area contributed by atoms with Gasteiger partial charge in [-0.2, -0.15) is 0 Å². The number of sulfonamides is 1. The summed E-state index contributed by atoms with van der Waals surface area (Å²) in [6.07, 6.45) is 2.79. The Bertz CT molecular complexity index is 839. The molecule has 0 bridgehead atoms. The Kier molecular flexibility index (Phi) is 7.97. The van der Waals surface area contributed by atoms with Crippen LogP contribution in [0.2, 0.25) is 0 Å². The number of unbranched alkanes of at least 4 members (excludes halogenated alkanes) is 1. The van der Waals surface area contributed by atoms with Crippen LogP contribution in [-0.4, -0.2) is 26.9 Å². The molecule has 2 aromatic carbocycles. The van der Waals surface area contributed by atoms with E-state index in [1.165, 1.54) is 12.1 Å². The maximum atomic E-state index is 12.5. The van der Waals surface area contributed by atoms with Crippen molar-refractivity contribution in [1.29, 1.82) is 0 Å². The molecule has 0 saturated heterocycles. The molecule has 0 radical (unpaired) electrons. The van der Waals surface area contributed by atoms with Crippen molar-refractivity contribution in [2.75, 3.05) is 6.54 Å². The summed E-state index contributed by atoms with van der Waals surface area (Å²) in [4.78, 5) is 12.5. The Morgan fingerprint density at radius 3 is 2.52 bits per heavy atom. The second kappa shape index (κ2) is 10.2. The van der Waals surface area contributed by atoms with Crippen LogP contribution < -0.4 is 15.8 Å². The van der Waals surface area contributed by atoms with Gasteiger partial charge in [-0.25, -0.2) is 13.1 Å². The van der Waals surface area contributed by atoms with Gasteiger partial charge in [-0.05, 0) is 30.2 Å². The Labute approximate surface area is 161 Å². The summed E-state index contributed by atoms with van der Waals surface area (Å²) in [5, 5.41) is 2.88. The first kappa shape index (κ1) is 21.1. The van der Waals surface area contributed by atoms with E-state index in [-0.39, 0.29) is 23.4 Å².